The Balaban J connectivity index is 2.05. The molecule has 0 aliphatic heterocycles. The molecule has 0 radical (unpaired) electrons. The molecule has 2 aromatic rings. The molecular weight excluding hydrogens is 272 g/mol. The number of hydrogen-bond acceptors (Lipinski definition) is 3. The van der Waals surface area contributed by atoms with Gasteiger partial charge in [-0.2, -0.15) is 0 Å². The molecule has 1 aromatic heterocycles. The third kappa shape index (κ3) is 4.06. The summed E-state index contributed by atoms with van der Waals surface area (Å²) in [5.41, 5.74) is 1.91. The number of hydrogen-bond donors (Lipinski definition) is 3. The van der Waals surface area contributed by atoms with E-state index in [-0.39, 0.29) is 13.0 Å². The van der Waals surface area contributed by atoms with Gasteiger partial charge in [0.2, 0.25) is 0 Å². The second-order valence-corrected chi connectivity index (χ2v) is 4.87. The van der Waals surface area contributed by atoms with Crippen LogP contribution in [0.15, 0.2) is 30.5 Å². The van der Waals surface area contributed by atoms with E-state index in [1.807, 2.05) is 30.5 Å². The number of aliphatic carboxylic acids is 2. The van der Waals surface area contributed by atoms with Gasteiger partial charge in [-0.3, -0.25) is 9.59 Å². The fourth-order valence-corrected chi connectivity index (χ4v) is 2.33. The Labute approximate surface area is 122 Å². The summed E-state index contributed by atoms with van der Waals surface area (Å²) in [5, 5.41) is 21.7. The maximum absolute atomic E-state index is 10.9. The number of para-hydroxylation sites is 1. The minimum atomic E-state index is -0.878. The fourth-order valence-electron chi connectivity index (χ4n) is 2.33. The number of carboxylic acids is 2. The molecule has 0 amide bonds. The largest absolute Gasteiger partial charge is 0.481 e. The molecule has 0 spiro atoms. The first kappa shape index (κ1) is 15.1. The number of rotatable bonds is 8. The van der Waals surface area contributed by atoms with Crippen LogP contribution in [0, 0.1) is 0 Å². The summed E-state index contributed by atoms with van der Waals surface area (Å²) in [4.78, 5) is 21.3. The van der Waals surface area contributed by atoms with Gasteiger partial charge in [-0.1, -0.05) is 18.2 Å². The van der Waals surface area contributed by atoms with E-state index in [1.54, 1.807) is 4.57 Å². The second-order valence-electron chi connectivity index (χ2n) is 4.87. The molecule has 2 rings (SSSR count). The Kier molecular flexibility index (Phi) is 4.94. The molecule has 3 N–H and O–H groups in total. The number of nitrogens with one attached hydrogen (secondary N) is 1. The molecule has 0 aliphatic carbocycles. The van der Waals surface area contributed by atoms with Gasteiger partial charge in [-0.05, 0) is 24.6 Å². The van der Waals surface area contributed by atoms with E-state index in [0.717, 1.165) is 16.5 Å². The van der Waals surface area contributed by atoms with Crippen LogP contribution in [0.4, 0.5) is 0 Å². The van der Waals surface area contributed by atoms with Gasteiger partial charge in [0, 0.05) is 30.1 Å². The van der Waals surface area contributed by atoms with Crippen molar-refractivity contribution in [2.45, 2.75) is 25.9 Å². The van der Waals surface area contributed by atoms with Crippen LogP contribution in [-0.2, 0) is 22.7 Å². The summed E-state index contributed by atoms with van der Waals surface area (Å²) in [5.74, 6) is -1.67. The molecule has 21 heavy (non-hydrogen) atoms. The molecule has 0 fully saturated rings. The van der Waals surface area contributed by atoms with E-state index in [9.17, 15) is 9.59 Å². The maximum atomic E-state index is 10.9. The van der Waals surface area contributed by atoms with Gasteiger partial charge in [0.15, 0.2) is 0 Å². The highest BCUT2D eigenvalue weighted by Crippen LogP contribution is 2.21. The first-order chi connectivity index (χ1) is 10.1. The van der Waals surface area contributed by atoms with E-state index in [2.05, 4.69) is 5.32 Å². The van der Waals surface area contributed by atoms with Crippen molar-refractivity contribution in [1.82, 2.24) is 9.88 Å². The van der Waals surface area contributed by atoms with Crippen molar-refractivity contribution >= 4 is 22.8 Å². The first-order valence-corrected chi connectivity index (χ1v) is 6.79. The number of benzene rings is 1. The highest BCUT2D eigenvalue weighted by molar-refractivity contribution is 5.85. The Morgan fingerprint density at radius 3 is 2.62 bits per heavy atom. The van der Waals surface area contributed by atoms with Gasteiger partial charge in [0.25, 0.3) is 0 Å². The molecule has 1 aromatic carbocycles. The van der Waals surface area contributed by atoms with Crippen LogP contribution in [-0.4, -0.2) is 33.3 Å². The van der Waals surface area contributed by atoms with E-state index in [4.69, 9.17) is 10.2 Å². The van der Waals surface area contributed by atoms with E-state index in [0.29, 0.717) is 19.5 Å². The zero-order chi connectivity index (χ0) is 15.2. The molecule has 6 heteroatoms. The van der Waals surface area contributed by atoms with Crippen LogP contribution in [0.25, 0.3) is 10.9 Å². The molecule has 0 saturated carbocycles. The average molecular weight is 290 g/mol. The van der Waals surface area contributed by atoms with E-state index >= 15 is 0 Å². The smallest absolute Gasteiger partial charge is 0.323 e. The van der Waals surface area contributed by atoms with Gasteiger partial charge >= 0.3 is 11.9 Å². The number of carboxylic acid groups (broad SMARTS) is 2. The highest BCUT2D eigenvalue weighted by Gasteiger charge is 2.09. The maximum Gasteiger partial charge on any atom is 0.323 e. The Morgan fingerprint density at radius 2 is 1.90 bits per heavy atom. The zero-order valence-corrected chi connectivity index (χ0v) is 11.6. The van der Waals surface area contributed by atoms with Crippen LogP contribution in [0.5, 0.6) is 0 Å². The monoisotopic (exact) mass is 290 g/mol. The van der Waals surface area contributed by atoms with Crippen LogP contribution in [0.3, 0.4) is 0 Å². The second kappa shape index (κ2) is 6.90. The van der Waals surface area contributed by atoms with Crippen molar-refractivity contribution in [3.8, 4) is 0 Å². The van der Waals surface area contributed by atoms with Crippen LogP contribution < -0.4 is 5.32 Å². The SMILES string of the molecule is O=C(O)CCCNCc1cn(CC(=O)O)c2ccccc12. The lowest BCUT2D eigenvalue weighted by Gasteiger charge is -2.02. The minimum Gasteiger partial charge on any atom is -0.481 e. The van der Waals surface area contributed by atoms with Gasteiger partial charge in [0.05, 0.1) is 0 Å². The van der Waals surface area contributed by atoms with Gasteiger partial charge in [-0.15, -0.1) is 0 Å². The molecule has 112 valence electrons. The van der Waals surface area contributed by atoms with Gasteiger partial charge in [0.1, 0.15) is 6.54 Å². The lowest BCUT2D eigenvalue weighted by atomic mass is 10.2. The molecule has 0 unspecified atom stereocenters. The van der Waals surface area contributed by atoms with Crippen molar-refractivity contribution in [2.24, 2.45) is 0 Å². The quantitative estimate of drug-likeness (QED) is 0.643. The van der Waals surface area contributed by atoms with E-state index < -0.39 is 11.9 Å². The molecule has 6 nitrogen and oxygen atoms in total. The summed E-state index contributed by atoms with van der Waals surface area (Å²) in [6.07, 6.45) is 2.56. The first-order valence-electron chi connectivity index (χ1n) is 6.79. The molecule has 0 aliphatic rings. The van der Waals surface area contributed by atoms with Crippen molar-refractivity contribution in [3.05, 3.63) is 36.0 Å². The molecular formula is C15H18N2O4. The van der Waals surface area contributed by atoms with Crippen molar-refractivity contribution in [3.63, 3.8) is 0 Å². The van der Waals surface area contributed by atoms with Gasteiger partial charge in [-0.25, -0.2) is 0 Å². The number of nitrogens with zero attached hydrogens (tertiary/aromatic N) is 1. The number of fused-ring (bicyclic) bond motifs is 1. The standard InChI is InChI=1S/C15H18N2O4/c18-14(19)6-3-7-16-8-11-9-17(10-15(20)21)13-5-2-1-4-12(11)13/h1-2,4-5,9,16H,3,6-8,10H2,(H,18,19)(H,20,21). The Bertz CT molecular complexity index is 648. The lowest BCUT2D eigenvalue weighted by Crippen LogP contribution is -2.15. The number of aromatic nitrogens is 1. The van der Waals surface area contributed by atoms with Crippen molar-refractivity contribution < 1.29 is 19.8 Å². The molecule has 0 bridgehead atoms. The van der Waals surface area contributed by atoms with Crippen LogP contribution in [0.2, 0.25) is 0 Å². The summed E-state index contributed by atoms with van der Waals surface area (Å²) in [6, 6.07) is 7.65. The molecule has 0 atom stereocenters. The van der Waals surface area contributed by atoms with Crippen LogP contribution in [0.1, 0.15) is 18.4 Å². The summed E-state index contributed by atoms with van der Waals surface area (Å²) < 4.78 is 1.71. The lowest BCUT2D eigenvalue weighted by molar-refractivity contribution is -0.138. The normalized spacial score (nSPS) is 10.9. The fraction of sp³-hybridized carbons (Fsp3) is 0.333. The molecule has 1 heterocycles. The third-order valence-electron chi connectivity index (χ3n) is 3.24. The van der Waals surface area contributed by atoms with Crippen molar-refractivity contribution in [1.29, 1.82) is 0 Å². The van der Waals surface area contributed by atoms with Crippen molar-refractivity contribution in [2.75, 3.05) is 6.54 Å². The van der Waals surface area contributed by atoms with Crippen LogP contribution >= 0.6 is 0 Å². The topological polar surface area (TPSA) is 91.6 Å². The third-order valence-corrected chi connectivity index (χ3v) is 3.24. The summed E-state index contributed by atoms with van der Waals surface area (Å²) in [6.45, 7) is 1.14. The Hall–Kier alpha value is -2.34. The highest BCUT2D eigenvalue weighted by atomic mass is 16.4. The van der Waals surface area contributed by atoms with Gasteiger partial charge < -0.3 is 20.1 Å². The average Bonchev–Trinajstić information content (AvgIpc) is 2.76. The predicted octanol–water partition coefficient (Wildman–Crippen LogP) is 1.68. The summed E-state index contributed by atoms with van der Waals surface area (Å²) >= 11 is 0. The molecule has 0 saturated heterocycles. The Morgan fingerprint density at radius 1 is 1.14 bits per heavy atom. The van der Waals surface area contributed by atoms with E-state index in [1.165, 1.54) is 0 Å². The predicted molar refractivity (Wildman–Crippen MR) is 78.2 cm³/mol. The number of carbonyl (C=O) groups is 2. The summed E-state index contributed by atoms with van der Waals surface area (Å²) in [7, 11) is 0. The zero-order valence-electron chi connectivity index (χ0n) is 11.6. The minimum absolute atomic E-state index is 0.0699.